The Labute approximate surface area is 186 Å². The van der Waals surface area contributed by atoms with E-state index in [4.69, 9.17) is 0 Å². The number of rotatable bonds is 3. The number of hydrogen-bond acceptors (Lipinski definition) is 2. The van der Waals surface area contributed by atoms with Crippen molar-refractivity contribution < 1.29 is 23.5 Å². The molecular formula is C25H28F2N2O3. The Hall–Kier alpha value is -2.96. The van der Waals surface area contributed by atoms with Gasteiger partial charge in [0.1, 0.15) is 0 Å². The highest BCUT2D eigenvalue weighted by Crippen LogP contribution is 2.40. The molecule has 0 spiro atoms. The molecule has 2 aliphatic heterocycles. The molecule has 0 aliphatic carbocycles. The normalized spacial score (nSPS) is 17.4. The summed E-state index contributed by atoms with van der Waals surface area (Å²) in [7, 11) is 0. The van der Waals surface area contributed by atoms with Crippen LogP contribution in [0.4, 0.5) is 13.6 Å². The number of halogens is 2. The monoisotopic (exact) mass is 442 g/mol. The van der Waals surface area contributed by atoms with Crippen LogP contribution in [0.25, 0.3) is 11.1 Å². The number of carbonyl (C=O) groups is 2. The predicted octanol–water partition coefficient (Wildman–Crippen LogP) is 5.07. The minimum Gasteiger partial charge on any atom is -0.481 e. The van der Waals surface area contributed by atoms with Crippen LogP contribution in [0.3, 0.4) is 0 Å². The summed E-state index contributed by atoms with van der Waals surface area (Å²) in [6.45, 7) is 6.29. The van der Waals surface area contributed by atoms with Crippen LogP contribution in [-0.4, -0.2) is 45.9 Å². The fourth-order valence-corrected chi connectivity index (χ4v) is 5.01. The summed E-state index contributed by atoms with van der Waals surface area (Å²) >= 11 is 0. The molecule has 1 fully saturated rings. The molecule has 2 aromatic rings. The molecule has 4 rings (SSSR count). The van der Waals surface area contributed by atoms with Gasteiger partial charge < -0.3 is 14.9 Å². The van der Waals surface area contributed by atoms with E-state index >= 15 is 0 Å². The molecule has 0 aromatic heterocycles. The van der Waals surface area contributed by atoms with Crippen LogP contribution in [0.2, 0.25) is 0 Å². The Bertz CT molecular complexity index is 1080. The van der Waals surface area contributed by atoms with E-state index in [-0.39, 0.29) is 25.3 Å². The third-order valence-corrected chi connectivity index (χ3v) is 6.70. The lowest BCUT2D eigenvalue weighted by atomic mass is 9.84. The maximum atomic E-state index is 13.9. The number of aryl methyl sites for hydroxylation is 1. The number of alkyl halides is 2. The molecule has 2 amide bonds. The van der Waals surface area contributed by atoms with Crippen LogP contribution in [0.15, 0.2) is 24.3 Å². The first-order chi connectivity index (χ1) is 15.1. The molecule has 1 saturated heterocycles. The van der Waals surface area contributed by atoms with Gasteiger partial charge in [0.15, 0.2) is 0 Å². The summed E-state index contributed by atoms with van der Waals surface area (Å²) in [5, 5.41) is 9.56. The van der Waals surface area contributed by atoms with E-state index in [1.807, 2.05) is 45.0 Å². The van der Waals surface area contributed by atoms with Crippen molar-refractivity contribution >= 4 is 12.0 Å². The molecule has 2 aromatic carbocycles. The van der Waals surface area contributed by atoms with Gasteiger partial charge in [-0.2, -0.15) is 0 Å². The SMILES string of the molecule is Cc1ccc(-c2c(C)c3c(c(C)c2CC(=O)O)CN(C(=O)N2CCCC(F)(F)C2)C3)cc1. The second-order valence-corrected chi connectivity index (χ2v) is 9.02. The zero-order valence-electron chi connectivity index (χ0n) is 18.7. The van der Waals surface area contributed by atoms with E-state index in [0.29, 0.717) is 19.6 Å². The minimum atomic E-state index is -2.85. The number of carboxylic acid groups (broad SMARTS) is 1. The Morgan fingerprint density at radius 3 is 2.22 bits per heavy atom. The number of aliphatic carboxylic acids is 1. The first kappa shape index (κ1) is 22.2. The smallest absolute Gasteiger partial charge is 0.320 e. The van der Waals surface area contributed by atoms with Crippen molar-refractivity contribution in [3.05, 3.63) is 57.6 Å². The first-order valence-corrected chi connectivity index (χ1v) is 10.9. The van der Waals surface area contributed by atoms with Crippen molar-refractivity contribution in [2.24, 2.45) is 0 Å². The second kappa shape index (κ2) is 8.19. The highest BCUT2D eigenvalue weighted by atomic mass is 19.3. The van der Waals surface area contributed by atoms with Crippen molar-refractivity contribution in [1.29, 1.82) is 0 Å². The van der Waals surface area contributed by atoms with E-state index < -0.39 is 18.4 Å². The summed E-state index contributed by atoms with van der Waals surface area (Å²) in [5.41, 5.74) is 7.43. The number of nitrogens with zero attached hydrogens (tertiary/aromatic N) is 2. The number of carbonyl (C=O) groups excluding carboxylic acids is 1. The number of fused-ring (bicyclic) bond motifs is 1. The van der Waals surface area contributed by atoms with Gasteiger partial charge in [-0.1, -0.05) is 29.8 Å². The van der Waals surface area contributed by atoms with Crippen LogP contribution in [0.1, 0.15) is 46.2 Å². The number of likely N-dealkylation sites (tertiary alicyclic amines) is 1. The quantitative estimate of drug-likeness (QED) is 0.722. The zero-order valence-corrected chi connectivity index (χ0v) is 18.7. The molecule has 0 radical (unpaired) electrons. The Morgan fingerprint density at radius 2 is 1.62 bits per heavy atom. The fraction of sp³-hybridized carbons (Fsp3) is 0.440. The van der Waals surface area contributed by atoms with Crippen molar-refractivity contribution in [2.45, 2.75) is 59.0 Å². The predicted molar refractivity (Wildman–Crippen MR) is 118 cm³/mol. The molecule has 1 N–H and O–H groups in total. The van der Waals surface area contributed by atoms with E-state index in [0.717, 1.165) is 44.5 Å². The molecule has 0 unspecified atom stereocenters. The topological polar surface area (TPSA) is 60.9 Å². The molecule has 170 valence electrons. The van der Waals surface area contributed by atoms with Gasteiger partial charge in [0.25, 0.3) is 5.92 Å². The van der Waals surface area contributed by atoms with E-state index in [2.05, 4.69) is 0 Å². The summed E-state index contributed by atoms with van der Waals surface area (Å²) in [6, 6.07) is 7.59. The summed E-state index contributed by atoms with van der Waals surface area (Å²) in [6.07, 6.45) is -0.0128. The van der Waals surface area contributed by atoms with Crippen LogP contribution in [-0.2, 0) is 24.3 Å². The van der Waals surface area contributed by atoms with Gasteiger partial charge in [-0.25, -0.2) is 13.6 Å². The third kappa shape index (κ3) is 4.08. The summed E-state index contributed by atoms with van der Waals surface area (Å²) in [5.74, 6) is -3.76. The number of urea groups is 1. The van der Waals surface area contributed by atoms with Gasteiger partial charge >= 0.3 is 12.0 Å². The highest BCUT2D eigenvalue weighted by Gasteiger charge is 2.40. The molecular weight excluding hydrogens is 414 g/mol. The molecule has 2 heterocycles. The van der Waals surface area contributed by atoms with Crippen LogP contribution < -0.4 is 0 Å². The van der Waals surface area contributed by atoms with Crippen LogP contribution in [0.5, 0.6) is 0 Å². The molecule has 32 heavy (non-hydrogen) atoms. The number of carboxylic acids is 1. The van der Waals surface area contributed by atoms with Gasteiger partial charge in [0.2, 0.25) is 0 Å². The maximum absolute atomic E-state index is 13.9. The fourth-order valence-electron chi connectivity index (χ4n) is 5.01. The Kier molecular flexibility index (Phi) is 5.69. The van der Waals surface area contributed by atoms with Gasteiger partial charge in [0.05, 0.1) is 13.0 Å². The number of piperidine rings is 1. The number of benzene rings is 2. The van der Waals surface area contributed by atoms with Gasteiger partial charge in [-0.15, -0.1) is 0 Å². The Morgan fingerprint density at radius 1 is 1.00 bits per heavy atom. The third-order valence-electron chi connectivity index (χ3n) is 6.70. The lowest BCUT2D eigenvalue weighted by Crippen LogP contribution is -2.49. The molecule has 0 atom stereocenters. The molecule has 0 saturated carbocycles. The highest BCUT2D eigenvalue weighted by molar-refractivity contribution is 5.83. The van der Waals surface area contributed by atoms with Gasteiger partial charge in [-0.3, -0.25) is 4.79 Å². The van der Waals surface area contributed by atoms with E-state index in [1.165, 1.54) is 4.90 Å². The minimum absolute atomic E-state index is 0.116. The number of amides is 2. The van der Waals surface area contributed by atoms with Crippen LogP contribution >= 0.6 is 0 Å². The molecule has 5 nitrogen and oxygen atoms in total. The second-order valence-electron chi connectivity index (χ2n) is 9.02. The van der Waals surface area contributed by atoms with Gasteiger partial charge in [-0.05, 0) is 66.1 Å². The van der Waals surface area contributed by atoms with Gasteiger partial charge in [0, 0.05) is 26.1 Å². The standard InChI is InChI=1S/C25H28F2N2O3/c1-15-5-7-18(8-6-15)23-17(3)21-13-29(12-20(21)16(2)19(23)11-22(30)31)24(32)28-10-4-9-25(26,27)14-28/h5-8H,4,9-14H2,1-3H3,(H,30,31). The summed E-state index contributed by atoms with van der Waals surface area (Å²) < 4.78 is 27.7. The zero-order chi connectivity index (χ0) is 23.2. The first-order valence-electron chi connectivity index (χ1n) is 10.9. The van der Waals surface area contributed by atoms with E-state index in [9.17, 15) is 23.5 Å². The summed E-state index contributed by atoms with van der Waals surface area (Å²) in [4.78, 5) is 27.6. The Balaban J connectivity index is 1.73. The van der Waals surface area contributed by atoms with Crippen molar-refractivity contribution in [3.8, 4) is 11.1 Å². The number of hydrogen-bond donors (Lipinski definition) is 1. The maximum Gasteiger partial charge on any atom is 0.320 e. The van der Waals surface area contributed by atoms with Crippen molar-refractivity contribution in [3.63, 3.8) is 0 Å². The lowest BCUT2D eigenvalue weighted by Gasteiger charge is -2.34. The van der Waals surface area contributed by atoms with Crippen LogP contribution in [0, 0.1) is 20.8 Å². The van der Waals surface area contributed by atoms with E-state index in [1.54, 1.807) is 4.90 Å². The lowest BCUT2D eigenvalue weighted by molar-refractivity contribution is -0.136. The molecule has 2 aliphatic rings. The molecule has 7 heteroatoms. The van der Waals surface area contributed by atoms with Crippen molar-refractivity contribution in [1.82, 2.24) is 9.80 Å². The average molecular weight is 443 g/mol. The molecule has 0 bridgehead atoms. The average Bonchev–Trinajstić information content (AvgIpc) is 3.17. The largest absolute Gasteiger partial charge is 0.481 e. The van der Waals surface area contributed by atoms with Crippen molar-refractivity contribution in [2.75, 3.05) is 13.1 Å².